The molecular formula is C12H15FN2O3. The van der Waals surface area contributed by atoms with Crippen LogP contribution in [-0.4, -0.2) is 37.6 Å². The molecule has 1 rings (SSSR count). The highest BCUT2D eigenvalue weighted by Gasteiger charge is 2.10. The molecule has 0 unspecified atom stereocenters. The maximum atomic E-state index is 12.7. The van der Waals surface area contributed by atoms with Crippen molar-refractivity contribution < 1.29 is 18.7 Å². The Kier molecular flexibility index (Phi) is 5.26. The second-order valence-electron chi connectivity index (χ2n) is 3.84. The summed E-state index contributed by atoms with van der Waals surface area (Å²) in [5.74, 6) is -0.753. The number of alkyl carbamates (subject to hydrolysis) is 1. The van der Waals surface area contributed by atoms with Crippen molar-refractivity contribution in [3.05, 3.63) is 35.6 Å². The van der Waals surface area contributed by atoms with Crippen molar-refractivity contribution in [2.75, 3.05) is 20.7 Å². The number of carbonyl (C=O) groups is 2. The van der Waals surface area contributed by atoms with E-state index in [9.17, 15) is 14.0 Å². The molecule has 98 valence electrons. The molecule has 0 heterocycles. The van der Waals surface area contributed by atoms with Crippen LogP contribution in [0.5, 0.6) is 0 Å². The molecule has 0 aliphatic heterocycles. The van der Waals surface area contributed by atoms with Crippen molar-refractivity contribution in [3.8, 4) is 0 Å². The number of hydrogen-bond donors (Lipinski definition) is 1. The summed E-state index contributed by atoms with van der Waals surface area (Å²) in [6, 6.07) is 6.00. The second-order valence-corrected chi connectivity index (χ2v) is 3.84. The van der Waals surface area contributed by atoms with Gasteiger partial charge in [0.15, 0.2) is 0 Å². The molecule has 0 fully saturated rings. The van der Waals surface area contributed by atoms with E-state index >= 15 is 0 Å². The normalized spacial score (nSPS) is 10.2. The summed E-state index contributed by atoms with van der Waals surface area (Å²) in [7, 11) is 2.91. The largest absolute Gasteiger partial charge is 0.453 e. The van der Waals surface area contributed by atoms with Gasteiger partial charge in [-0.15, -0.1) is 0 Å². The summed E-state index contributed by atoms with van der Waals surface area (Å²) in [6.07, 6.45) is -0.782. The number of ether oxygens (including phenoxy) is 1. The SMILES string of the molecule is COC(=O)NC(=O)CN(C)Cc1ccc(F)cc1. The fraction of sp³-hybridized carbons (Fsp3) is 0.333. The van der Waals surface area contributed by atoms with E-state index < -0.39 is 12.0 Å². The minimum atomic E-state index is -0.782. The predicted octanol–water partition coefficient (Wildman–Crippen LogP) is 1.14. The fourth-order valence-electron chi connectivity index (χ4n) is 1.41. The molecule has 0 spiro atoms. The zero-order chi connectivity index (χ0) is 13.5. The lowest BCUT2D eigenvalue weighted by molar-refractivity contribution is -0.121. The molecule has 1 N–H and O–H groups in total. The standard InChI is InChI=1S/C12H15FN2O3/c1-15(8-11(16)14-12(17)18-2)7-9-3-5-10(13)6-4-9/h3-6H,7-8H2,1-2H3,(H,14,16,17). The number of likely N-dealkylation sites (N-methyl/N-ethyl adjacent to an activating group) is 1. The first-order valence-electron chi connectivity index (χ1n) is 5.32. The third-order valence-corrected chi connectivity index (χ3v) is 2.21. The molecular weight excluding hydrogens is 239 g/mol. The van der Waals surface area contributed by atoms with Gasteiger partial charge in [0, 0.05) is 6.54 Å². The Morgan fingerprint density at radius 1 is 1.33 bits per heavy atom. The van der Waals surface area contributed by atoms with Crippen molar-refractivity contribution in [1.29, 1.82) is 0 Å². The molecule has 0 saturated heterocycles. The molecule has 1 aromatic carbocycles. The summed E-state index contributed by atoms with van der Waals surface area (Å²) in [6.45, 7) is 0.529. The van der Waals surface area contributed by atoms with E-state index in [4.69, 9.17) is 0 Å². The monoisotopic (exact) mass is 254 g/mol. The van der Waals surface area contributed by atoms with Crippen molar-refractivity contribution >= 4 is 12.0 Å². The molecule has 6 heteroatoms. The molecule has 18 heavy (non-hydrogen) atoms. The lowest BCUT2D eigenvalue weighted by Gasteiger charge is -2.15. The molecule has 0 atom stereocenters. The number of rotatable bonds is 4. The highest BCUT2D eigenvalue weighted by molar-refractivity contribution is 5.92. The molecule has 2 amide bonds. The van der Waals surface area contributed by atoms with Crippen LogP contribution >= 0.6 is 0 Å². The Labute approximate surface area is 105 Å². The van der Waals surface area contributed by atoms with E-state index in [1.54, 1.807) is 24.1 Å². The van der Waals surface area contributed by atoms with Gasteiger partial charge >= 0.3 is 6.09 Å². The van der Waals surface area contributed by atoms with Crippen LogP contribution in [-0.2, 0) is 16.1 Å². The smallest absolute Gasteiger partial charge is 0.413 e. The van der Waals surface area contributed by atoms with Gasteiger partial charge in [0.1, 0.15) is 5.82 Å². The maximum absolute atomic E-state index is 12.7. The Hall–Kier alpha value is -1.95. The van der Waals surface area contributed by atoms with E-state index in [-0.39, 0.29) is 12.4 Å². The molecule has 0 radical (unpaired) electrons. The number of nitrogens with one attached hydrogen (secondary N) is 1. The van der Waals surface area contributed by atoms with Gasteiger partial charge < -0.3 is 4.74 Å². The average molecular weight is 254 g/mol. The van der Waals surface area contributed by atoms with E-state index in [1.165, 1.54) is 19.2 Å². The Bertz CT molecular complexity index is 420. The van der Waals surface area contributed by atoms with Crippen LogP contribution in [0.3, 0.4) is 0 Å². The van der Waals surface area contributed by atoms with Gasteiger partial charge in [-0.3, -0.25) is 15.0 Å². The molecule has 0 aliphatic rings. The summed E-state index contributed by atoms with van der Waals surface area (Å²) in [5.41, 5.74) is 0.879. The van der Waals surface area contributed by atoms with Crippen molar-refractivity contribution in [3.63, 3.8) is 0 Å². The van der Waals surface area contributed by atoms with E-state index in [2.05, 4.69) is 10.1 Å². The molecule has 0 bridgehead atoms. The van der Waals surface area contributed by atoms with Crippen LogP contribution in [0.2, 0.25) is 0 Å². The molecule has 1 aromatic rings. The highest BCUT2D eigenvalue weighted by atomic mass is 19.1. The topological polar surface area (TPSA) is 58.6 Å². The van der Waals surface area contributed by atoms with Gasteiger partial charge in [0.2, 0.25) is 5.91 Å². The summed E-state index contributed by atoms with van der Waals surface area (Å²) in [4.78, 5) is 23.8. The van der Waals surface area contributed by atoms with Crippen LogP contribution in [0.4, 0.5) is 9.18 Å². The zero-order valence-corrected chi connectivity index (χ0v) is 10.3. The lowest BCUT2D eigenvalue weighted by atomic mass is 10.2. The van der Waals surface area contributed by atoms with Crippen LogP contribution < -0.4 is 5.32 Å². The lowest BCUT2D eigenvalue weighted by Crippen LogP contribution is -2.38. The number of nitrogens with zero attached hydrogens (tertiary/aromatic N) is 1. The first-order valence-corrected chi connectivity index (χ1v) is 5.32. The summed E-state index contributed by atoms with van der Waals surface area (Å²) >= 11 is 0. The first-order chi connectivity index (χ1) is 8.51. The highest BCUT2D eigenvalue weighted by Crippen LogP contribution is 2.05. The van der Waals surface area contributed by atoms with Crippen molar-refractivity contribution in [2.45, 2.75) is 6.54 Å². The number of benzene rings is 1. The second kappa shape index (κ2) is 6.70. The fourth-order valence-corrected chi connectivity index (χ4v) is 1.41. The number of methoxy groups -OCH3 is 1. The third-order valence-electron chi connectivity index (χ3n) is 2.21. The van der Waals surface area contributed by atoms with E-state index in [0.717, 1.165) is 5.56 Å². The maximum Gasteiger partial charge on any atom is 0.413 e. The summed E-state index contributed by atoms with van der Waals surface area (Å²) in [5, 5.41) is 2.05. The number of hydrogen-bond acceptors (Lipinski definition) is 4. The Morgan fingerprint density at radius 2 is 1.94 bits per heavy atom. The predicted molar refractivity (Wildman–Crippen MR) is 63.3 cm³/mol. The number of halogens is 1. The van der Waals surface area contributed by atoms with Crippen LogP contribution in [0.25, 0.3) is 0 Å². The van der Waals surface area contributed by atoms with E-state index in [0.29, 0.717) is 6.54 Å². The van der Waals surface area contributed by atoms with Crippen LogP contribution in [0.15, 0.2) is 24.3 Å². The Morgan fingerprint density at radius 3 is 2.50 bits per heavy atom. The van der Waals surface area contributed by atoms with Crippen LogP contribution in [0.1, 0.15) is 5.56 Å². The van der Waals surface area contributed by atoms with Gasteiger partial charge in [-0.25, -0.2) is 9.18 Å². The van der Waals surface area contributed by atoms with Gasteiger partial charge in [-0.05, 0) is 24.7 Å². The minimum absolute atomic E-state index is 0.0481. The van der Waals surface area contributed by atoms with Gasteiger partial charge in [-0.2, -0.15) is 0 Å². The van der Waals surface area contributed by atoms with Crippen molar-refractivity contribution in [1.82, 2.24) is 10.2 Å². The van der Waals surface area contributed by atoms with Gasteiger partial charge in [-0.1, -0.05) is 12.1 Å². The molecule has 0 aliphatic carbocycles. The quantitative estimate of drug-likeness (QED) is 0.875. The van der Waals surface area contributed by atoms with E-state index in [1.807, 2.05) is 0 Å². The third kappa shape index (κ3) is 4.92. The first kappa shape index (κ1) is 14.1. The zero-order valence-electron chi connectivity index (χ0n) is 10.3. The molecule has 0 aromatic heterocycles. The number of amides is 2. The van der Waals surface area contributed by atoms with Crippen LogP contribution in [0, 0.1) is 5.82 Å². The van der Waals surface area contributed by atoms with Crippen molar-refractivity contribution in [2.24, 2.45) is 0 Å². The van der Waals surface area contributed by atoms with Gasteiger partial charge in [0.05, 0.1) is 13.7 Å². The van der Waals surface area contributed by atoms with Gasteiger partial charge in [0.25, 0.3) is 0 Å². The average Bonchev–Trinajstić information content (AvgIpc) is 2.31. The minimum Gasteiger partial charge on any atom is -0.453 e. The number of imide groups is 1. The molecule has 0 saturated carbocycles. The summed E-state index contributed by atoms with van der Waals surface area (Å²) < 4.78 is 17.0. The molecule has 5 nitrogen and oxygen atoms in total. The number of carbonyl (C=O) groups excluding carboxylic acids is 2. The Balaban J connectivity index is 2.41.